The molecule has 0 amide bonds. The van der Waals surface area contributed by atoms with Crippen molar-refractivity contribution in [3.63, 3.8) is 0 Å². The molecule has 106 valence electrons. The standard InChI is InChI=1S/C14H20F2N2O/c1-3-17-4-5-18(8-10(17)2)14-12(15)6-11(9-19)7-13(14)16/h6-7,10,19H,3-5,8-9H2,1-2H3. The van der Waals surface area contributed by atoms with Crippen molar-refractivity contribution < 1.29 is 13.9 Å². The molecule has 2 rings (SSSR count). The van der Waals surface area contributed by atoms with Gasteiger partial charge in [-0.25, -0.2) is 8.78 Å². The topological polar surface area (TPSA) is 26.7 Å². The van der Waals surface area contributed by atoms with E-state index in [1.807, 2.05) is 0 Å². The summed E-state index contributed by atoms with van der Waals surface area (Å²) in [4.78, 5) is 4.04. The van der Waals surface area contributed by atoms with Gasteiger partial charge in [0.2, 0.25) is 0 Å². The van der Waals surface area contributed by atoms with Crippen molar-refractivity contribution in [2.45, 2.75) is 26.5 Å². The minimum Gasteiger partial charge on any atom is -0.392 e. The van der Waals surface area contributed by atoms with Gasteiger partial charge in [-0.2, -0.15) is 0 Å². The second-order valence-corrected chi connectivity index (χ2v) is 4.99. The Morgan fingerprint density at radius 3 is 2.37 bits per heavy atom. The van der Waals surface area contributed by atoms with Crippen molar-refractivity contribution in [2.75, 3.05) is 31.1 Å². The lowest BCUT2D eigenvalue weighted by atomic mass is 10.1. The summed E-state index contributed by atoms with van der Waals surface area (Å²) in [5.74, 6) is -1.19. The van der Waals surface area contributed by atoms with Crippen molar-refractivity contribution in [2.24, 2.45) is 0 Å². The van der Waals surface area contributed by atoms with E-state index in [4.69, 9.17) is 5.11 Å². The van der Waals surface area contributed by atoms with Gasteiger partial charge in [0.05, 0.1) is 6.61 Å². The Morgan fingerprint density at radius 2 is 1.89 bits per heavy atom. The average Bonchev–Trinajstić information content (AvgIpc) is 2.38. The maximum atomic E-state index is 14.0. The second-order valence-electron chi connectivity index (χ2n) is 4.99. The Hall–Kier alpha value is -1.20. The summed E-state index contributed by atoms with van der Waals surface area (Å²) in [7, 11) is 0. The Bertz CT molecular complexity index is 430. The quantitative estimate of drug-likeness (QED) is 0.910. The van der Waals surface area contributed by atoms with Gasteiger partial charge in [0.15, 0.2) is 0 Å². The lowest BCUT2D eigenvalue weighted by Crippen LogP contribution is -2.52. The minimum atomic E-state index is -0.596. The van der Waals surface area contributed by atoms with Gasteiger partial charge in [0, 0.05) is 25.7 Å². The van der Waals surface area contributed by atoms with Crippen LogP contribution < -0.4 is 4.90 Å². The van der Waals surface area contributed by atoms with E-state index >= 15 is 0 Å². The largest absolute Gasteiger partial charge is 0.392 e. The molecule has 5 heteroatoms. The summed E-state index contributed by atoms with van der Waals surface area (Å²) >= 11 is 0. The number of aliphatic hydroxyl groups is 1. The Balaban J connectivity index is 2.23. The third kappa shape index (κ3) is 2.87. The van der Waals surface area contributed by atoms with Gasteiger partial charge in [-0.15, -0.1) is 0 Å². The van der Waals surface area contributed by atoms with Crippen molar-refractivity contribution in [3.8, 4) is 0 Å². The number of hydrogen-bond acceptors (Lipinski definition) is 3. The van der Waals surface area contributed by atoms with E-state index in [0.717, 1.165) is 13.1 Å². The molecule has 1 N–H and O–H groups in total. The molecule has 0 bridgehead atoms. The summed E-state index contributed by atoms with van der Waals surface area (Å²) in [5, 5.41) is 8.94. The third-order valence-electron chi connectivity index (χ3n) is 3.75. The SMILES string of the molecule is CCN1CCN(c2c(F)cc(CO)cc2F)CC1C. The molecule has 0 radical (unpaired) electrons. The van der Waals surface area contributed by atoms with Crippen molar-refractivity contribution >= 4 is 5.69 Å². The zero-order chi connectivity index (χ0) is 14.0. The van der Waals surface area contributed by atoms with Crippen LogP contribution in [0.25, 0.3) is 0 Å². The molecule has 0 saturated carbocycles. The monoisotopic (exact) mass is 270 g/mol. The highest BCUT2D eigenvalue weighted by molar-refractivity contribution is 5.51. The Kier molecular flexibility index (Phi) is 4.37. The summed E-state index contributed by atoms with van der Waals surface area (Å²) in [5.41, 5.74) is 0.291. The molecule has 1 aromatic carbocycles. The predicted octanol–water partition coefficient (Wildman–Crippen LogP) is 1.99. The zero-order valence-electron chi connectivity index (χ0n) is 11.4. The van der Waals surface area contributed by atoms with Crippen molar-refractivity contribution in [3.05, 3.63) is 29.3 Å². The highest BCUT2D eigenvalue weighted by Gasteiger charge is 2.26. The zero-order valence-corrected chi connectivity index (χ0v) is 11.4. The van der Waals surface area contributed by atoms with E-state index in [1.54, 1.807) is 4.90 Å². The number of nitrogens with zero attached hydrogens (tertiary/aromatic N) is 2. The van der Waals surface area contributed by atoms with Crippen LogP contribution in [0.2, 0.25) is 0 Å². The average molecular weight is 270 g/mol. The molecule has 1 saturated heterocycles. The van der Waals surface area contributed by atoms with Crippen LogP contribution in [-0.4, -0.2) is 42.2 Å². The van der Waals surface area contributed by atoms with Gasteiger partial charge in [0.25, 0.3) is 0 Å². The molecule has 1 unspecified atom stereocenters. The highest BCUT2D eigenvalue weighted by atomic mass is 19.1. The summed E-state index contributed by atoms with van der Waals surface area (Å²) in [6.45, 7) is 6.78. The van der Waals surface area contributed by atoms with Gasteiger partial charge < -0.3 is 10.0 Å². The van der Waals surface area contributed by atoms with Gasteiger partial charge in [-0.1, -0.05) is 6.92 Å². The van der Waals surface area contributed by atoms with Gasteiger partial charge in [0.1, 0.15) is 17.3 Å². The molecule has 0 aromatic heterocycles. The summed E-state index contributed by atoms with van der Waals surface area (Å²) in [6.07, 6.45) is 0. The van der Waals surface area contributed by atoms with Crippen molar-refractivity contribution in [1.29, 1.82) is 0 Å². The lowest BCUT2D eigenvalue weighted by Gasteiger charge is -2.40. The first kappa shape index (κ1) is 14.2. The minimum absolute atomic E-state index is 0.0276. The van der Waals surface area contributed by atoms with Crippen LogP contribution in [0, 0.1) is 11.6 Å². The smallest absolute Gasteiger partial charge is 0.149 e. The molecule has 0 spiro atoms. The van der Waals surface area contributed by atoms with E-state index in [2.05, 4.69) is 18.7 Å². The van der Waals surface area contributed by atoms with Gasteiger partial charge in [-0.3, -0.25) is 4.90 Å². The Labute approximate surface area is 112 Å². The molecular weight excluding hydrogens is 250 g/mol. The number of anilines is 1. The van der Waals surface area contributed by atoms with E-state index in [0.29, 0.717) is 13.1 Å². The number of rotatable bonds is 3. The Morgan fingerprint density at radius 1 is 1.26 bits per heavy atom. The third-order valence-corrected chi connectivity index (χ3v) is 3.75. The van der Waals surface area contributed by atoms with Gasteiger partial charge in [-0.05, 0) is 31.2 Å². The normalized spacial score (nSPS) is 20.9. The van der Waals surface area contributed by atoms with Crippen molar-refractivity contribution in [1.82, 2.24) is 4.90 Å². The number of halogens is 2. The number of aliphatic hydroxyl groups excluding tert-OH is 1. The first-order valence-electron chi connectivity index (χ1n) is 6.64. The van der Waals surface area contributed by atoms with E-state index in [9.17, 15) is 8.78 Å². The molecular formula is C14H20F2N2O. The fourth-order valence-electron chi connectivity index (χ4n) is 2.68. The lowest BCUT2D eigenvalue weighted by molar-refractivity contribution is 0.198. The fraction of sp³-hybridized carbons (Fsp3) is 0.571. The summed E-state index contributed by atoms with van der Waals surface area (Å²) in [6, 6.07) is 2.68. The van der Waals surface area contributed by atoms with Crippen LogP contribution in [-0.2, 0) is 6.61 Å². The number of piperazine rings is 1. The predicted molar refractivity (Wildman–Crippen MR) is 71.2 cm³/mol. The van der Waals surface area contributed by atoms with Crippen LogP contribution in [0.4, 0.5) is 14.5 Å². The second kappa shape index (κ2) is 5.84. The molecule has 19 heavy (non-hydrogen) atoms. The van der Waals surface area contributed by atoms with E-state index in [-0.39, 0.29) is 23.9 Å². The first-order valence-corrected chi connectivity index (χ1v) is 6.64. The molecule has 1 aromatic rings. The molecule has 1 aliphatic rings. The van der Waals surface area contributed by atoms with Crippen LogP contribution in [0.15, 0.2) is 12.1 Å². The highest BCUT2D eigenvalue weighted by Crippen LogP contribution is 2.27. The number of benzene rings is 1. The van der Waals surface area contributed by atoms with E-state index in [1.165, 1.54) is 12.1 Å². The molecule has 1 fully saturated rings. The molecule has 1 atom stereocenters. The maximum Gasteiger partial charge on any atom is 0.149 e. The number of likely N-dealkylation sites (N-methyl/N-ethyl adjacent to an activating group) is 1. The van der Waals surface area contributed by atoms with Crippen LogP contribution in [0.1, 0.15) is 19.4 Å². The molecule has 3 nitrogen and oxygen atoms in total. The van der Waals surface area contributed by atoms with E-state index < -0.39 is 11.6 Å². The summed E-state index contributed by atoms with van der Waals surface area (Å²) < 4.78 is 28.0. The van der Waals surface area contributed by atoms with Gasteiger partial charge >= 0.3 is 0 Å². The maximum absolute atomic E-state index is 14.0. The van der Waals surface area contributed by atoms with Crippen LogP contribution >= 0.6 is 0 Å². The molecule has 1 aliphatic heterocycles. The first-order chi connectivity index (χ1) is 9.06. The van der Waals surface area contributed by atoms with Crippen LogP contribution in [0.5, 0.6) is 0 Å². The van der Waals surface area contributed by atoms with Crippen LogP contribution in [0.3, 0.4) is 0 Å². The molecule has 0 aliphatic carbocycles. The fourth-order valence-corrected chi connectivity index (χ4v) is 2.68. The molecule has 1 heterocycles. The number of hydrogen-bond donors (Lipinski definition) is 1.